The second-order valence-corrected chi connectivity index (χ2v) is 7.39. The van der Waals surface area contributed by atoms with Crippen LogP contribution in [0.2, 0.25) is 0 Å². The van der Waals surface area contributed by atoms with Crippen LogP contribution in [0.5, 0.6) is 0 Å². The van der Waals surface area contributed by atoms with Crippen LogP contribution in [0.25, 0.3) is 22.6 Å². The molecule has 31 heavy (non-hydrogen) atoms. The van der Waals surface area contributed by atoms with E-state index >= 15 is 0 Å². The molecule has 1 heterocycles. The van der Waals surface area contributed by atoms with Crippen molar-refractivity contribution in [1.29, 1.82) is 5.26 Å². The van der Waals surface area contributed by atoms with Gasteiger partial charge in [0.25, 0.3) is 5.91 Å². The highest BCUT2D eigenvalue weighted by Gasteiger charge is 2.14. The van der Waals surface area contributed by atoms with Crippen molar-refractivity contribution >= 4 is 22.7 Å². The number of rotatable bonds is 5. The Bertz CT molecular complexity index is 1300. The minimum absolute atomic E-state index is 0.126. The summed E-state index contributed by atoms with van der Waals surface area (Å²) in [4.78, 5) is 17.0. The Hall–Kier alpha value is -3.98. The molecular formula is C25H20FN3O2. The molecule has 0 spiro atoms. The van der Waals surface area contributed by atoms with Crippen LogP contribution in [0.15, 0.2) is 65.1 Å². The Morgan fingerprint density at radius 3 is 2.61 bits per heavy atom. The second-order valence-electron chi connectivity index (χ2n) is 7.39. The first-order valence-corrected chi connectivity index (χ1v) is 10.0. The Morgan fingerprint density at radius 2 is 1.94 bits per heavy atom. The van der Waals surface area contributed by atoms with Crippen LogP contribution in [0.3, 0.4) is 0 Å². The number of anilines is 1. The lowest BCUT2D eigenvalue weighted by Gasteiger charge is -2.07. The van der Waals surface area contributed by atoms with Crippen LogP contribution in [-0.2, 0) is 0 Å². The highest BCUT2D eigenvalue weighted by molar-refractivity contribution is 6.04. The molecule has 4 rings (SSSR count). The van der Waals surface area contributed by atoms with E-state index < -0.39 is 11.7 Å². The second kappa shape index (κ2) is 8.41. The van der Waals surface area contributed by atoms with Gasteiger partial charge in [-0.25, -0.2) is 9.37 Å². The van der Waals surface area contributed by atoms with E-state index in [-0.39, 0.29) is 11.1 Å². The maximum absolute atomic E-state index is 14.0. The molecule has 1 atom stereocenters. The van der Waals surface area contributed by atoms with E-state index in [2.05, 4.69) is 36.3 Å². The molecule has 5 nitrogen and oxygen atoms in total. The van der Waals surface area contributed by atoms with E-state index in [1.54, 1.807) is 24.3 Å². The van der Waals surface area contributed by atoms with E-state index in [1.807, 2.05) is 12.1 Å². The summed E-state index contributed by atoms with van der Waals surface area (Å²) in [6.07, 6.45) is 1.05. The largest absolute Gasteiger partial charge is 0.436 e. The quantitative estimate of drug-likeness (QED) is 0.418. The van der Waals surface area contributed by atoms with Crippen molar-refractivity contribution < 1.29 is 13.6 Å². The summed E-state index contributed by atoms with van der Waals surface area (Å²) in [6.45, 7) is 4.33. The van der Waals surface area contributed by atoms with Gasteiger partial charge in [-0.3, -0.25) is 4.79 Å². The van der Waals surface area contributed by atoms with Crippen molar-refractivity contribution in [2.45, 2.75) is 26.2 Å². The average Bonchev–Trinajstić information content (AvgIpc) is 3.22. The van der Waals surface area contributed by atoms with E-state index in [1.165, 1.54) is 17.7 Å². The normalized spacial score (nSPS) is 11.8. The molecule has 0 fully saturated rings. The van der Waals surface area contributed by atoms with Crippen LogP contribution >= 0.6 is 0 Å². The number of oxazole rings is 1. The fourth-order valence-electron chi connectivity index (χ4n) is 3.27. The fraction of sp³-hybridized carbons (Fsp3) is 0.160. The van der Waals surface area contributed by atoms with Crippen LogP contribution in [0.1, 0.15) is 47.7 Å². The molecule has 1 aromatic heterocycles. The molecule has 154 valence electrons. The van der Waals surface area contributed by atoms with E-state index in [9.17, 15) is 9.18 Å². The van der Waals surface area contributed by atoms with E-state index in [0.717, 1.165) is 29.2 Å². The molecule has 0 saturated carbocycles. The number of nitriles is 1. The molecular weight excluding hydrogens is 393 g/mol. The van der Waals surface area contributed by atoms with Crippen molar-refractivity contribution in [2.24, 2.45) is 0 Å². The predicted octanol–water partition coefficient (Wildman–Crippen LogP) is 6.27. The number of carbonyl (C=O) groups excluding carboxylic acids is 1. The number of halogens is 1. The highest BCUT2D eigenvalue weighted by Crippen LogP contribution is 2.28. The molecule has 0 aliphatic heterocycles. The first kappa shape index (κ1) is 20.3. The third kappa shape index (κ3) is 4.17. The number of fused-ring (bicyclic) bond motifs is 1. The molecule has 0 bridgehead atoms. The van der Waals surface area contributed by atoms with Gasteiger partial charge in [0.1, 0.15) is 11.3 Å². The number of nitrogens with one attached hydrogen (secondary N) is 1. The predicted molar refractivity (Wildman–Crippen MR) is 117 cm³/mol. The monoisotopic (exact) mass is 413 g/mol. The van der Waals surface area contributed by atoms with Gasteiger partial charge in [0.2, 0.25) is 5.89 Å². The molecule has 6 heteroatoms. The Kier molecular flexibility index (Phi) is 5.50. The van der Waals surface area contributed by atoms with Crippen molar-refractivity contribution in [3.05, 3.63) is 83.2 Å². The van der Waals surface area contributed by atoms with Crippen molar-refractivity contribution in [3.63, 3.8) is 0 Å². The van der Waals surface area contributed by atoms with Gasteiger partial charge in [0, 0.05) is 11.3 Å². The van der Waals surface area contributed by atoms with Gasteiger partial charge in [-0.1, -0.05) is 19.9 Å². The molecule has 0 saturated heterocycles. The molecule has 1 N–H and O–H groups in total. The average molecular weight is 413 g/mol. The van der Waals surface area contributed by atoms with Crippen LogP contribution < -0.4 is 5.32 Å². The van der Waals surface area contributed by atoms with E-state index in [4.69, 9.17) is 9.68 Å². The molecule has 0 aliphatic rings. The fourth-order valence-corrected chi connectivity index (χ4v) is 3.27. The van der Waals surface area contributed by atoms with Gasteiger partial charge in [-0.2, -0.15) is 5.26 Å². The maximum atomic E-state index is 14.0. The van der Waals surface area contributed by atoms with Gasteiger partial charge in [-0.15, -0.1) is 0 Å². The SMILES string of the molecule is CCC(C)c1ccc2oc(-c3ccc(NC(=O)c4ccc(C#N)cc4F)cc3)nc2c1. The summed E-state index contributed by atoms with van der Waals surface area (Å²) in [5.74, 6) is -0.383. The molecule has 1 unspecified atom stereocenters. The van der Waals surface area contributed by atoms with Crippen molar-refractivity contribution in [2.75, 3.05) is 5.32 Å². The number of aromatic nitrogens is 1. The first-order valence-electron chi connectivity index (χ1n) is 10.0. The molecule has 0 radical (unpaired) electrons. The Balaban J connectivity index is 1.53. The summed E-state index contributed by atoms with van der Waals surface area (Å²) in [6, 6.07) is 18.6. The minimum atomic E-state index is -0.739. The van der Waals surface area contributed by atoms with Gasteiger partial charge in [0.15, 0.2) is 5.58 Å². The number of amides is 1. The zero-order chi connectivity index (χ0) is 22.0. The Labute approximate surface area is 179 Å². The van der Waals surface area contributed by atoms with Crippen LogP contribution in [-0.4, -0.2) is 10.9 Å². The van der Waals surface area contributed by atoms with Gasteiger partial charge < -0.3 is 9.73 Å². The summed E-state index contributed by atoms with van der Waals surface area (Å²) in [5.41, 5.74) is 4.06. The molecule has 1 amide bonds. The number of benzene rings is 3. The van der Waals surface area contributed by atoms with Crippen LogP contribution in [0, 0.1) is 17.1 Å². The number of hydrogen-bond acceptors (Lipinski definition) is 4. The zero-order valence-corrected chi connectivity index (χ0v) is 17.1. The number of nitrogens with zero attached hydrogens (tertiary/aromatic N) is 2. The van der Waals surface area contributed by atoms with Gasteiger partial charge >= 0.3 is 0 Å². The maximum Gasteiger partial charge on any atom is 0.258 e. The topological polar surface area (TPSA) is 78.9 Å². The van der Waals surface area contributed by atoms with Crippen molar-refractivity contribution in [3.8, 4) is 17.5 Å². The number of carbonyl (C=O) groups is 1. The standard InChI is InChI=1S/C25H20FN3O2/c1-3-15(2)18-7-11-23-22(13-18)29-25(31-23)17-5-8-19(9-6-17)28-24(30)20-10-4-16(14-27)12-21(20)26/h4-13,15H,3H2,1-2H3,(H,28,30). The number of hydrogen-bond donors (Lipinski definition) is 1. The third-order valence-electron chi connectivity index (χ3n) is 5.33. The smallest absolute Gasteiger partial charge is 0.258 e. The zero-order valence-electron chi connectivity index (χ0n) is 17.1. The summed E-state index contributed by atoms with van der Waals surface area (Å²) >= 11 is 0. The van der Waals surface area contributed by atoms with Gasteiger partial charge in [-0.05, 0) is 72.5 Å². The molecule has 4 aromatic rings. The lowest BCUT2D eigenvalue weighted by atomic mass is 9.98. The van der Waals surface area contributed by atoms with Crippen molar-refractivity contribution in [1.82, 2.24) is 4.98 Å². The lowest BCUT2D eigenvalue weighted by Crippen LogP contribution is -2.13. The minimum Gasteiger partial charge on any atom is -0.436 e. The Morgan fingerprint density at radius 1 is 1.16 bits per heavy atom. The summed E-state index contributed by atoms with van der Waals surface area (Å²) < 4.78 is 19.9. The molecule has 3 aromatic carbocycles. The van der Waals surface area contributed by atoms with E-state index in [0.29, 0.717) is 17.5 Å². The molecule has 0 aliphatic carbocycles. The third-order valence-corrected chi connectivity index (χ3v) is 5.33. The highest BCUT2D eigenvalue weighted by atomic mass is 19.1. The lowest BCUT2D eigenvalue weighted by molar-refractivity contribution is 0.102. The van der Waals surface area contributed by atoms with Crippen LogP contribution in [0.4, 0.5) is 10.1 Å². The summed E-state index contributed by atoms with van der Waals surface area (Å²) in [7, 11) is 0. The first-order chi connectivity index (χ1) is 15.0. The summed E-state index contributed by atoms with van der Waals surface area (Å²) in [5, 5.41) is 11.5. The van der Waals surface area contributed by atoms with Gasteiger partial charge in [0.05, 0.1) is 17.2 Å².